The molecule has 0 fully saturated rings. The number of nitrogens with one attached hydrogen (secondary N) is 1. The number of carboxylic acid groups (broad SMARTS) is 1. The fourth-order valence-corrected chi connectivity index (χ4v) is 3.84. The van der Waals surface area contributed by atoms with Crippen molar-refractivity contribution in [3.63, 3.8) is 0 Å². The summed E-state index contributed by atoms with van der Waals surface area (Å²) < 4.78 is 15.3. The average molecular weight is 441 g/mol. The zero-order valence-electron chi connectivity index (χ0n) is 18.4. The van der Waals surface area contributed by atoms with Crippen molar-refractivity contribution in [2.24, 2.45) is 0 Å². The van der Waals surface area contributed by atoms with Gasteiger partial charge in [-0.25, -0.2) is 9.78 Å². The molecule has 0 spiro atoms. The number of anilines is 1. The Kier molecular flexibility index (Phi) is 6.13. The largest absolute Gasteiger partial charge is 0.491 e. The Morgan fingerprint density at radius 2 is 2.09 bits per heavy atom. The Bertz CT molecular complexity index is 1170. The summed E-state index contributed by atoms with van der Waals surface area (Å²) in [7, 11) is 0. The van der Waals surface area contributed by atoms with E-state index in [1.165, 1.54) is 12.1 Å². The minimum Gasteiger partial charge on any atom is -0.491 e. The van der Waals surface area contributed by atoms with Crippen molar-refractivity contribution in [3.05, 3.63) is 35.2 Å². The average Bonchev–Trinajstić information content (AvgIpc) is 3.29. The van der Waals surface area contributed by atoms with Crippen LogP contribution >= 0.6 is 0 Å². The van der Waals surface area contributed by atoms with Gasteiger partial charge >= 0.3 is 5.97 Å². The van der Waals surface area contributed by atoms with E-state index in [1.54, 1.807) is 10.7 Å². The van der Waals surface area contributed by atoms with E-state index in [9.17, 15) is 14.7 Å². The van der Waals surface area contributed by atoms with Crippen LogP contribution in [0.5, 0.6) is 5.75 Å². The van der Waals surface area contributed by atoms with Crippen LogP contribution in [0.1, 0.15) is 53.2 Å². The van der Waals surface area contributed by atoms with E-state index in [-0.39, 0.29) is 17.6 Å². The molecule has 1 aromatic carbocycles. The molecule has 1 aliphatic rings. The Balaban J connectivity index is 1.79. The van der Waals surface area contributed by atoms with Crippen LogP contribution < -0.4 is 10.1 Å². The third-order valence-corrected chi connectivity index (χ3v) is 5.42. The summed E-state index contributed by atoms with van der Waals surface area (Å²) in [6.07, 6.45) is 1.40. The smallest absolute Gasteiger partial charge is 0.335 e. The number of rotatable bonds is 4. The fraction of sp³-hybridized carbons (Fsp3) is 0.455. The first-order valence-electron chi connectivity index (χ1n) is 10.7. The number of hydrogen-bond donors (Lipinski definition) is 2. The SMILES string of the molecule is CCn1nc(C)cc1C(=O)Nc1nc2cc(C(=O)O)cc3c2n1CCCO[C@@H](C)CCO3. The van der Waals surface area contributed by atoms with Gasteiger partial charge in [0.2, 0.25) is 5.95 Å². The number of aromatic nitrogens is 4. The zero-order chi connectivity index (χ0) is 22.8. The van der Waals surface area contributed by atoms with Crippen LogP contribution in [0.25, 0.3) is 11.0 Å². The first-order chi connectivity index (χ1) is 15.4. The highest BCUT2D eigenvalue weighted by Crippen LogP contribution is 2.32. The molecule has 0 bridgehead atoms. The molecule has 0 radical (unpaired) electrons. The van der Waals surface area contributed by atoms with Crippen molar-refractivity contribution < 1.29 is 24.2 Å². The van der Waals surface area contributed by atoms with Gasteiger partial charge in [-0.1, -0.05) is 0 Å². The van der Waals surface area contributed by atoms with Gasteiger partial charge in [-0.05, 0) is 45.4 Å². The second kappa shape index (κ2) is 8.99. The molecule has 2 N–H and O–H groups in total. The van der Waals surface area contributed by atoms with Crippen molar-refractivity contribution in [2.45, 2.75) is 52.8 Å². The Hall–Kier alpha value is -3.40. The molecule has 10 nitrogen and oxygen atoms in total. The van der Waals surface area contributed by atoms with E-state index in [0.29, 0.717) is 67.6 Å². The summed E-state index contributed by atoms with van der Waals surface area (Å²) in [4.78, 5) is 29.2. The van der Waals surface area contributed by atoms with Gasteiger partial charge in [-0.15, -0.1) is 0 Å². The van der Waals surface area contributed by atoms with Crippen molar-refractivity contribution in [1.29, 1.82) is 0 Å². The lowest BCUT2D eigenvalue weighted by molar-refractivity contribution is 0.0484. The summed E-state index contributed by atoms with van der Waals surface area (Å²) in [5, 5.41) is 16.7. The lowest BCUT2D eigenvalue weighted by atomic mass is 10.2. The van der Waals surface area contributed by atoms with E-state index in [0.717, 1.165) is 5.69 Å². The molecular weight excluding hydrogens is 414 g/mol. The number of imidazole rings is 1. The van der Waals surface area contributed by atoms with E-state index in [4.69, 9.17) is 9.47 Å². The molecule has 32 heavy (non-hydrogen) atoms. The number of carbonyl (C=O) groups is 2. The number of carbonyl (C=O) groups excluding carboxylic acids is 1. The molecule has 0 unspecified atom stereocenters. The zero-order valence-corrected chi connectivity index (χ0v) is 18.4. The third-order valence-electron chi connectivity index (χ3n) is 5.42. The van der Waals surface area contributed by atoms with Crippen LogP contribution in [-0.4, -0.2) is 55.6 Å². The Morgan fingerprint density at radius 1 is 1.28 bits per heavy atom. The molecule has 1 amide bonds. The van der Waals surface area contributed by atoms with Gasteiger partial charge in [0.1, 0.15) is 17.0 Å². The van der Waals surface area contributed by atoms with E-state index >= 15 is 0 Å². The number of aromatic carboxylic acids is 1. The second-order valence-electron chi connectivity index (χ2n) is 7.85. The molecule has 0 saturated carbocycles. The predicted molar refractivity (Wildman–Crippen MR) is 117 cm³/mol. The summed E-state index contributed by atoms with van der Waals surface area (Å²) in [6, 6.07) is 4.73. The lowest BCUT2D eigenvalue weighted by Crippen LogP contribution is -2.20. The predicted octanol–water partition coefficient (Wildman–Crippen LogP) is 3.09. The molecule has 170 valence electrons. The van der Waals surface area contributed by atoms with Crippen LogP contribution in [-0.2, 0) is 17.8 Å². The number of carboxylic acids is 1. The van der Waals surface area contributed by atoms with Gasteiger partial charge in [0, 0.05) is 26.1 Å². The molecule has 1 aliphatic heterocycles. The fourth-order valence-electron chi connectivity index (χ4n) is 3.84. The summed E-state index contributed by atoms with van der Waals surface area (Å²) in [5.41, 5.74) is 2.36. The third kappa shape index (κ3) is 4.31. The van der Waals surface area contributed by atoms with E-state index < -0.39 is 5.97 Å². The van der Waals surface area contributed by atoms with Crippen LogP contribution in [0, 0.1) is 6.92 Å². The Labute approximate surface area is 185 Å². The van der Waals surface area contributed by atoms with Crippen LogP contribution in [0.2, 0.25) is 0 Å². The molecular formula is C22H27N5O5. The van der Waals surface area contributed by atoms with Gasteiger partial charge in [0.25, 0.3) is 5.91 Å². The first-order valence-corrected chi connectivity index (χ1v) is 10.7. The van der Waals surface area contributed by atoms with Crippen LogP contribution in [0.4, 0.5) is 5.95 Å². The number of nitrogens with zero attached hydrogens (tertiary/aromatic N) is 4. The maximum absolute atomic E-state index is 13.0. The highest BCUT2D eigenvalue weighted by atomic mass is 16.5. The standard InChI is InChI=1S/C22H27N5O5/c1-4-27-17(10-13(2)25-27)20(28)24-22-23-16-11-15(21(29)30)12-18-19(16)26(22)7-5-8-31-14(3)6-9-32-18/h10-12,14H,4-9H2,1-3H3,(H,29,30)(H,23,24,28)/t14-/m0/s1. The number of hydrogen-bond acceptors (Lipinski definition) is 6. The molecule has 3 aromatic rings. The van der Waals surface area contributed by atoms with E-state index in [2.05, 4.69) is 15.4 Å². The summed E-state index contributed by atoms with van der Waals surface area (Å²) in [5.74, 6) is -0.651. The molecule has 10 heteroatoms. The quantitative estimate of drug-likeness (QED) is 0.638. The number of ether oxygens (including phenoxy) is 2. The maximum atomic E-state index is 13.0. The minimum atomic E-state index is -1.07. The molecule has 1 atom stereocenters. The number of amides is 1. The highest BCUT2D eigenvalue weighted by Gasteiger charge is 2.22. The van der Waals surface area contributed by atoms with Gasteiger partial charge in [-0.2, -0.15) is 5.10 Å². The number of aryl methyl sites for hydroxylation is 3. The number of benzene rings is 1. The second-order valence-corrected chi connectivity index (χ2v) is 7.85. The van der Waals surface area contributed by atoms with Gasteiger partial charge in [0.05, 0.1) is 29.5 Å². The van der Waals surface area contributed by atoms with Gasteiger partial charge in [-0.3, -0.25) is 14.8 Å². The van der Waals surface area contributed by atoms with Crippen molar-refractivity contribution in [3.8, 4) is 5.75 Å². The van der Waals surface area contributed by atoms with Gasteiger partial charge < -0.3 is 19.1 Å². The van der Waals surface area contributed by atoms with Crippen LogP contribution in [0.3, 0.4) is 0 Å². The lowest BCUT2D eigenvalue weighted by Gasteiger charge is -2.13. The topological polar surface area (TPSA) is 120 Å². The summed E-state index contributed by atoms with van der Waals surface area (Å²) >= 11 is 0. The van der Waals surface area contributed by atoms with Crippen molar-refractivity contribution >= 4 is 28.9 Å². The molecule has 0 saturated heterocycles. The van der Waals surface area contributed by atoms with Crippen molar-refractivity contribution in [2.75, 3.05) is 18.5 Å². The highest BCUT2D eigenvalue weighted by molar-refractivity contribution is 6.03. The molecule has 3 heterocycles. The van der Waals surface area contributed by atoms with Crippen LogP contribution in [0.15, 0.2) is 18.2 Å². The molecule has 4 rings (SSSR count). The summed E-state index contributed by atoms with van der Waals surface area (Å²) in [6.45, 7) is 7.74. The molecule has 2 aromatic heterocycles. The Morgan fingerprint density at radius 3 is 2.84 bits per heavy atom. The van der Waals surface area contributed by atoms with Gasteiger partial charge in [0.15, 0.2) is 0 Å². The monoisotopic (exact) mass is 441 g/mol. The molecule has 0 aliphatic carbocycles. The normalized spacial score (nSPS) is 16.9. The first kappa shape index (κ1) is 21.8. The van der Waals surface area contributed by atoms with Crippen molar-refractivity contribution in [1.82, 2.24) is 19.3 Å². The maximum Gasteiger partial charge on any atom is 0.335 e. The minimum absolute atomic E-state index is 0.0282. The van der Waals surface area contributed by atoms with E-state index in [1.807, 2.05) is 25.3 Å².